The molecule has 0 saturated heterocycles. The van der Waals surface area contributed by atoms with Crippen LogP contribution in [0.4, 0.5) is 0 Å². The number of para-hydroxylation sites is 1. The van der Waals surface area contributed by atoms with Crippen LogP contribution < -0.4 is 5.32 Å². The van der Waals surface area contributed by atoms with Crippen molar-refractivity contribution in [3.8, 4) is 0 Å². The first-order valence-corrected chi connectivity index (χ1v) is 6.00. The van der Waals surface area contributed by atoms with Gasteiger partial charge in [0.05, 0.1) is 17.8 Å². The lowest BCUT2D eigenvalue weighted by atomic mass is 10.1. The lowest BCUT2D eigenvalue weighted by molar-refractivity contribution is 0.0949. The van der Waals surface area contributed by atoms with Crippen LogP contribution in [-0.4, -0.2) is 16.0 Å². The number of fused-ring (bicyclic) bond motifs is 1. The molecule has 2 heterocycles. The monoisotopic (exact) mass is 255 g/mol. The van der Waals surface area contributed by atoms with Gasteiger partial charge in [-0.2, -0.15) is 0 Å². The van der Waals surface area contributed by atoms with E-state index in [4.69, 9.17) is 4.52 Å². The van der Waals surface area contributed by atoms with Gasteiger partial charge in [0.2, 0.25) is 0 Å². The number of hydrogen-bond acceptors (Lipinski definition) is 3. The molecule has 0 aliphatic carbocycles. The fraction of sp³-hybridized carbons (Fsp3) is 0.143. The largest absolute Gasteiger partial charge is 0.360 e. The Morgan fingerprint density at radius 2 is 2.26 bits per heavy atom. The van der Waals surface area contributed by atoms with E-state index in [0.717, 1.165) is 16.6 Å². The third-order valence-corrected chi connectivity index (χ3v) is 2.93. The molecule has 3 rings (SSSR count). The Hall–Kier alpha value is -2.56. The van der Waals surface area contributed by atoms with Crippen LogP contribution in [0.1, 0.15) is 21.8 Å². The van der Waals surface area contributed by atoms with Crippen LogP contribution in [0.2, 0.25) is 0 Å². The van der Waals surface area contributed by atoms with Crippen molar-refractivity contribution in [2.75, 3.05) is 0 Å². The number of carbonyl (C=O) groups excluding carboxylic acids is 1. The highest BCUT2D eigenvalue weighted by Crippen LogP contribution is 2.17. The van der Waals surface area contributed by atoms with Crippen molar-refractivity contribution in [2.24, 2.45) is 0 Å². The van der Waals surface area contributed by atoms with Gasteiger partial charge in [0.1, 0.15) is 0 Å². The number of carbonyl (C=O) groups is 1. The molecular formula is C14H13N3O2. The highest BCUT2D eigenvalue weighted by Gasteiger charge is 2.12. The molecule has 0 atom stereocenters. The van der Waals surface area contributed by atoms with Crippen LogP contribution in [-0.2, 0) is 6.54 Å². The second kappa shape index (κ2) is 4.61. The Morgan fingerprint density at radius 3 is 3.05 bits per heavy atom. The smallest absolute Gasteiger partial charge is 0.253 e. The number of H-pyrrole nitrogens is 1. The van der Waals surface area contributed by atoms with E-state index in [1.165, 1.54) is 0 Å². The third-order valence-electron chi connectivity index (χ3n) is 2.93. The highest BCUT2D eigenvalue weighted by atomic mass is 16.5. The maximum atomic E-state index is 12.1. The summed E-state index contributed by atoms with van der Waals surface area (Å²) in [5.74, 6) is 0.511. The van der Waals surface area contributed by atoms with E-state index in [9.17, 15) is 4.79 Å². The number of amides is 1. The predicted octanol–water partition coefficient (Wildman–Crippen LogP) is 2.39. The summed E-state index contributed by atoms with van der Waals surface area (Å²) in [7, 11) is 0. The SMILES string of the molecule is Cc1cc(CNC(=O)c2c[nH]c3ccccc23)on1. The number of benzene rings is 1. The molecule has 2 N–H and O–H groups in total. The summed E-state index contributed by atoms with van der Waals surface area (Å²) in [6.07, 6.45) is 1.71. The Morgan fingerprint density at radius 1 is 1.42 bits per heavy atom. The molecule has 0 saturated carbocycles. The number of aromatic amines is 1. The van der Waals surface area contributed by atoms with E-state index < -0.39 is 0 Å². The number of nitrogens with zero attached hydrogens (tertiary/aromatic N) is 1. The zero-order valence-corrected chi connectivity index (χ0v) is 10.4. The number of nitrogens with one attached hydrogen (secondary N) is 2. The summed E-state index contributed by atoms with van der Waals surface area (Å²) in [5.41, 5.74) is 2.38. The summed E-state index contributed by atoms with van der Waals surface area (Å²) >= 11 is 0. The Balaban J connectivity index is 1.77. The Labute approximate surface area is 109 Å². The average Bonchev–Trinajstić information content (AvgIpc) is 3.02. The fourth-order valence-corrected chi connectivity index (χ4v) is 2.02. The molecule has 19 heavy (non-hydrogen) atoms. The van der Waals surface area contributed by atoms with Crippen molar-refractivity contribution < 1.29 is 9.32 Å². The number of rotatable bonds is 3. The van der Waals surface area contributed by atoms with Gasteiger partial charge in [-0.3, -0.25) is 4.79 Å². The van der Waals surface area contributed by atoms with Gasteiger partial charge in [-0.05, 0) is 13.0 Å². The summed E-state index contributed by atoms with van der Waals surface area (Å²) in [6, 6.07) is 9.49. The molecule has 96 valence electrons. The zero-order chi connectivity index (χ0) is 13.2. The van der Waals surface area contributed by atoms with Gasteiger partial charge in [0, 0.05) is 23.2 Å². The van der Waals surface area contributed by atoms with E-state index in [1.807, 2.05) is 31.2 Å². The Bertz CT molecular complexity index is 727. The van der Waals surface area contributed by atoms with Crippen LogP contribution in [0, 0.1) is 6.92 Å². The predicted molar refractivity (Wildman–Crippen MR) is 70.7 cm³/mol. The van der Waals surface area contributed by atoms with Crippen LogP contribution in [0.3, 0.4) is 0 Å². The van der Waals surface area contributed by atoms with Crippen molar-refractivity contribution in [3.63, 3.8) is 0 Å². The van der Waals surface area contributed by atoms with Crippen molar-refractivity contribution in [1.82, 2.24) is 15.5 Å². The van der Waals surface area contributed by atoms with Gasteiger partial charge in [-0.15, -0.1) is 0 Å². The number of aryl methyl sites for hydroxylation is 1. The standard InChI is InChI=1S/C14H13N3O2/c1-9-6-10(19-17-9)7-16-14(18)12-8-15-13-5-3-2-4-11(12)13/h2-6,8,15H,7H2,1H3,(H,16,18). The summed E-state index contributed by atoms with van der Waals surface area (Å²) in [5, 5.41) is 7.50. The zero-order valence-electron chi connectivity index (χ0n) is 10.4. The molecule has 0 bridgehead atoms. The van der Waals surface area contributed by atoms with Gasteiger partial charge < -0.3 is 14.8 Å². The Kier molecular flexibility index (Phi) is 2.79. The molecule has 5 nitrogen and oxygen atoms in total. The van der Waals surface area contributed by atoms with Gasteiger partial charge in [-0.25, -0.2) is 0 Å². The highest BCUT2D eigenvalue weighted by molar-refractivity contribution is 6.06. The van der Waals surface area contributed by atoms with E-state index >= 15 is 0 Å². The molecule has 0 aliphatic rings. The van der Waals surface area contributed by atoms with Crippen molar-refractivity contribution in [2.45, 2.75) is 13.5 Å². The molecule has 0 aliphatic heterocycles. The molecule has 1 aromatic carbocycles. The summed E-state index contributed by atoms with van der Waals surface area (Å²) in [6.45, 7) is 2.17. The molecule has 3 aromatic rings. The molecule has 5 heteroatoms. The number of aromatic nitrogens is 2. The molecule has 1 amide bonds. The van der Waals surface area contributed by atoms with Crippen LogP contribution in [0.25, 0.3) is 10.9 Å². The minimum atomic E-state index is -0.133. The molecular weight excluding hydrogens is 242 g/mol. The second-order valence-electron chi connectivity index (χ2n) is 4.37. The maximum Gasteiger partial charge on any atom is 0.253 e. The lowest BCUT2D eigenvalue weighted by Gasteiger charge is -2.01. The minimum absolute atomic E-state index is 0.133. The molecule has 0 unspecified atom stereocenters. The quantitative estimate of drug-likeness (QED) is 0.755. The van der Waals surface area contributed by atoms with E-state index in [1.54, 1.807) is 12.3 Å². The average molecular weight is 255 g/mol. The van der Waals surface area contributed by atoms with Crippen molar-refractivity contribution in [1.29, 1.82) is 0 Å². The first-order chi connectivity index (χ1) is 9.24. The topological polar surface area (TPSA) is 70.9 Å². The molecule has 0 fully saturated rings. The molecule has 0 spiro atoms. The van der Waals surface area contributed by atoms with Crippen molar-refractivity contribution in [3.05, 3.63) is 53.5 Å². The molecule has 0 radical (unpaired) electrons. The van der Waals surface area contributed by atoms with Gasteiger partial charge >= 0.3 is 0 Å². The minimum Gasteiger partial charge on any atom is -0.360 e. The van der Waals surface area contributed by atoms with Gasteiger partial charge in [-0.1, -0.05) is 23.4 Å². The normalized spacial score (nSPS) is 10.8. The van der Waals surface area contributed by atoms with Crippen LogP contribution in [0.5, 0.6) is 0 Å². The van der Waals surface area contributed by atoms with E-state index in [2.05, 4.69) is 15.5 Å². The fourth-order valence-electron chi connectivity index (χ4n) is 2.02. The first kappa shape index (κ1) is 11.5. The van der Waals surface area contributed by atoms with Crippen molar-refractivity contribution >= 4 is 16.8 Å². The van der Waals surface area contributed by atoms with Gasteiger partial charge in [0.25, 0.3) is 5.91 Å². The maximum absolute atomic E-state index is 12.1. The van der Waals surface area contributed by atoms with E-state index in [-0.39, 0.29) is 5.91 Å². The lowest BCUT2D eigenvalue weighted by Crippen LogP contribution is -2.22. The third kappa shape index (κ3) is 2.22. The second-order valence-corrected chi connectivity index (χ2v) is 4.37. The summed E-state index contributed by atoms with van der Waals surface area (Å²) < 4.78 is 5.05. The van der Waals surface area contributed by atoms with E-state index in [0.29, 0.717) is 17.9 Å². The van der Waals surface area contributed by atoms with Crippen LogP contribution >= 0.6 is 0 Å². The van der Waals surface area contributed by atoms with Crippen LogP contribution in [0.15, 0.2) is 41.1 Å². The first-order valence-electron chi connectivity index (χ1n) is 6.00. The molecule has 2 aromatic heterocycles. The number of hydrogen-bond donors (Lipinski definition) is 2. The summed E-state index contributed by atoms with van der Waals surface area (Å²) in [4.78, 5) is 15.2. The van der Waals surface area contributed by atoms with Gasteiger partial charge in [0.15, 0.2) is 5.76 Å².